The first-order valence-corrected chi connectivity index (χ1v) is 6.51. The summed E-state index contributed by atoms with van der Waals surface area (Å²) in [6, 6.07) is 4.10. The van der Waals surface area contributed by atoms with Gasteiger partial charge in [0, 0.05) is 11.7 Å². The lowest BCUT2D eigenvalue weighted by molar-refractivity contribution is -0.184. The Morgan fingerprint density at radius 1 is 1.21 bits per heavy atom. The van der Waals surface area contributed by atoms with Gasteiger partial charge in [-0.15, -0.1) is 0 Å². The number of aromatic hydroxyl groups is 1. The Labute approximate surface area is 110 Å². The van der Waals surface area contributed by atoms with Crippen LogP contribution in [0.1, 0.15) is 31.2 Å². The summed E-state index contributed by atoms with van der Waals surface area (Å²) in [4.78, 5) is 0. The smallest absolute Gasteiger partial charge is 0.393 e. The fourth-order valence-corrected chi connectivity index (χ4v) is 2.70. The molecule has 1 aliphatic carbocycles. The molecule has 0 saturated heterocycles. The maximum atomic E-state index is 13.0. The molecular weight excluding hydrogens is 255 g/mol. The fraction of sp³-hybridized carbons (Fsp3) is 0.571. The van der Waals surface area contributed by atoms with Gasteiger partial charge >= 0.3 is 6.18 Å². The van der Waals surface area contributed by atoms with Gasteiger partial charge in [0.25, 0.3) is 0 Å². The molecule has 0 heterocycles. The Balaban J connectivity index is 2.15. The van der Waals surface area contributed by atoms with Crippen molar-refractivity contribution in [1.82, 2.24) is 0 Å². The van der Waals surface area contributed by atoms with Crippen LogP contribution in [0.15, 0.2) is 18.2 Å². The number of halogens is 3. The number of aryl methyl sites for hydroxylation is 1. The fourth-order valence-electron chi connectivity index (χ4n) is 2.70. The Morgan fingerprint density at radius 2 is 1.89 bits per heavy atom. The van der Waals surface area contributed by atoms with E-state index in [2.05, 4.69) is 5.32 Å². The van der Waals surface area contributed by atoms with E-state index in [-0.39, 0.29) is 12.2 Å². The highest BCUT2D eigenvalue weighted by Crippen LogP contribution is 2.39. The molecule has 0 amide bonds. The molecule has 1 aliphatic rings. The maximum Gasteiger partial charge on any atom is 0.393 e. The predicted molar refractivity (Wildman–Crippen MR) is 68.3 cm³/mol. The molecule has 2 nitrogen and oxygen atoms in total. The number of phenols is 1. The molecule has 1 saturated carbocycles. The van der Waals surface area contributed by atoms with Gasteiger partial charge in [-0.25, -0.2) is 0 Å². The van der Waals surface area contributed by atoms with Crippen molar-refractivity contribution < 1.29 is 18.3 Å². The summed E-state index contributed by atoms with van der Waals surface area (Å²) in [6.07, 6.45) is -1.97. The lowest BCUT2D eigenvalue weighted by atomic mass is 9.83. The van der Waals surface area contributed by atoms with Gasteiger partial charge in [0.1, 0.15) is 5.75 Å². The van der Waals surface area contributed by atoms with E-state index in [4.69, 9.17) is 0 Å². The molecule has 2 atom stereocenters. The van der Waals surface area contributed by atoms with E-state index in [9.17, 15) is 18.3 Å². The van der Waals surface area contributed by atoms with Crippen molar-refractivity contribution in [3.05, 3.63) is 23.8 Å². The number of alkyl halides is 3. The highest BCUT2D eigenvalue weighted by atomic mass is 19.4. The monoisotopic (exact) mass is 273 g/mol. The first kappa shape index (κ1) is 14.0. The van der Waals surface area contributed by atoms with Crippen LogP contribution in [0, 0.1) is 12.8 Å². The Hall–Kier alpha value is -1.39. The summed E-state index contributed by atoms with van der Waals surface area (Å²) in [7, 11) is 0. The molecule has 0 radical (unpaired) electrons. The molecule has 0 aliphatic heterocycles. The third kappa shape index (κ3) is 3.33. The van der Waals surface area contributed by atoms with Crippen molar-refractivity contribution in [2.45, 2.75) is 44.8 Å². The van der Waals surface area contributed by atoms with Gasteiger partial charge < -0.3 is 10.4 Å². The zero-order valence-corrected chi connectivity index (χ0v) is 10.8. The van der Waals surface area contributed by atoms with Crippen molar-refractivity contribution in [3.8, 4) is 5.75 Å². The molecule has 5 heteroatoms. The van der Waals surface area contributed by atoms with Gasteiger partial charge in [-0.3, -0.25) is 0 Å². The zero-order valence-electron chi connectivity index (χ0n) is 10.8. The van der Waals surface area contributed by atoms with Crippen LogP contribution in [-0.2, 0) is 0 Å². The minimum atomic E-state index is -4.15. The lowest BCUT2D eigenvalue weighted by Gasteiger charge is -2.34. The average molecular weight is 273 g/mol. The quantitative estimate of drug-likeness (QED) is 0.790. The number of hydrogen-bond acceptors (Lipinski definition) is 2. The summed E-state index contributed by atoms with van der Waals surface area (Å²) in [5.74, 6) is -1.16. The molecule has 1 aromatic rings. The Bertz CT molecular complexity index is 445. The molecule has 2 rings (SSSR count). The minimum absolute atomic E-state index is 0.124. The average Bonchev–Trinajstić information content (AvgIpc) is 2.32. The standard InChI is InChI=1S/C14H18F3NO/c1-9-8-10(19)6-7-12(9)18-13-5-3-2-4-11(13)14(15,16)17/h6-8,11,13,18-19H,2-5H2,1H3. The lowest BCUT2D eigenvalue weighted by Crippen LogP contribution is -2.41. The van der Waals surface area contributed by atoms with Crippen LogP contribution in [0.4, 0.5) is 18.9 Å². The van der Waals surface area contributed by atoms with Crippen LogP contribution in [0.5, 0.6) is 5.75 Å². The van der Waals surface area contributed by atoms with E-state index in [0.717, 1.165) is 12.0 Å². The topological polar surface area (TPSA) is 32.3 Å². The van der Waals surface area contributed by atoms with E-state index in [1.165, 1.54) is 6.07 Å². The van der Waals surface area contributed by atoms with Crippen LogP contribution in [0.25, 0.3) is 0 Å². The first-order chi connectivity index (χ1) is 8.88. The molecule has 1 fully saturated rings. The molecule has 1 aromatic carbocycles. The van der Waals surface area contributed by atoms with Crippen molar-refractivity contribution in [1.29, 1.82) is 0 Å². The summed E-state index contributed by atoms with van der Waals surface area (Å²) in [5.41, 5.74) is 1.42. The second kappa shape index (κ2) is 5.31. The van der Waals surface area contributed by atoms with Crippen molar-refractivity contribution in [2.24, 2.45) is 5.92 Å². The second-order valence-corrected chi connectivity index (χ2v) is 5.18. The van der Waals surface area contributed by atoms with Crippen LogP contribution in [0.3, 0.4) is 0 Å². The number of rotatable bonds is 2. The van der Waals surface area contributed by atoms with Crippen molar-refractivity contribution >= 4 is 5.69 Å². The van der Waals surface area contributed by atoms with Gasteiger partial charge in [-0.1, -0.05) is 12.8 Å². The third-order valence-electron chi connectivity index (χ3n) is 3.74. The molecule has 2 N–H and O–H groups in total. The molecule has 0 aromatic heterocycles. The summed E-state index contributed by atoms with van der Waals surface area (Å²) < 4.78 is 38.9. The summed E-state index contributed by atoms with van der Waals surface area (Å²) in [6.45, 7) is 1.77. The van der Waals surface area contributed by atoms with Gasteiger partial charge in [-0.05, 0) is 43.5 Å². The minimum Gasteiger partial charge on any atom is -0.508 e. The van der Waals surface area contributed by atoms with Crippen LogP contribution >= 0.6 is 0 Å². The SMILES string of the molecule is Cc1cc(O)ccc1NC1CCCCC1C(F)(F)F. The molecule has 2 unspecified atom stereocenters. The summed E-state index contributed by atoms with van der Waals surface area (Å²) in [5, 5.41) is 12.3. The van der Waals surface area contributed by atoms with Gasteiger partial charge in [-0.2, -0.15) is 13.2 Å². The first-order valence-electron chi connectivity index (χ1n) is 6.51. The molecular formula is C14H18F3NO. The van der Waals surface area contributed by atoms with Crippen LogP contribution in [0.2, 0.25) is 0 Å². The zero-order chi connectivity index (χ0) is 14.0. The van der Waals surface area contributed by atoms with Crippen LogP contribution < -0.4 is 5.32 Å². The van der Waals surface area contributed by atoms with Crippen LogP contribution in [-0.4, -0.2) is 17.3 Å². The Kier molecular flexibility index (Phi) is 3.92. The Morgan fingerprint density at radius 3 is 2.53 bits per heavy atom. The molecule has 19 heavy (non-hydrogen) atoms. The largest absolute Gasteiger partial charge is 0.508 e. The normalized spacial score (nSPS) is 24.2. The highest BCUT2D eigenvalue weighted by molar-refractivity contribution is 5.54. The van der Waals surface area contributed by atoms with Crippen molar-refractivity contribution in [2.75, 3.05) is 5.32 Å². The van der Waals surface area contributed by atoms with Gasteiger partial charge in [0.2, 0.25) is 0 Å². The van der Waals surface area contributed by atoms with E-state index in [1.807, 2.05) is 0 Å². The van der Waals surface area contributed by atoms with E-state index in [0.29, 0.717) is 18.5 Å². The van der Waals surface area contributed by atoms with E-state index in [1.54, 1.807) is 19.1 Å². The highest BCUT2D eigenvalue weighted by Gasteiger charge is 2.45. The van der Waals surface area contributed by atoms with Gasteiger partial charge in [0.05, 0.1) is 5.92 Å². The third-order valence-corrected chi connectivity index (χ3v) is 3.74. The molecule has 0 bridgehead atoms. The van der Waals surface area contributed by atoms with E-state index < -0.39 is 18.1 Å². The number of anilines is 1. The van der Waals surface area contributed by atoms with Crippen molar-refractivity contribution in [3.63, 3.8) is 0 Å². The molecule has 0 spiro atoms. The molecule has 106 valence electrons. The predicted octanol–water partition coefficient (Wildman–Crippen LogP) is 4.23. The maximum absolute atomic E-state index is 13.0. The number of phenolic OH excluding ortho intramolecular Hbond substituents is 1. The second-order valence-electron chi connectivity index (χ2n) is 5.18. The number of nitrogens with one attached hydrogen (secondary N) is 1. The number of hydrogen-bond donors (Lipinski definition) is 2. The summed E-state index contributed by atoms with van der Waals surface area (Å²) >= 11 is 0. The van der Waals surface area contributed by atoms with Gasteiger partial charge in [0.15, 0.2) is 0 Å². The van der Waals surface area contributed by atoms with E-state index >= 15 is 0 Å². The number of benzene rings is 1.